The molecule has 0 aliphatic heterocycles. The standard InChI is InChI=1S/C26H28FN3O5S/c1-15(2)21-12-20(27)13-22(19-8-9-28-26(11-19)35-5)23(21)14-25(31)30-36(33,34)24-7-6-18(10-16(24)3)17(4)29-32/h6-13,15,32H,14H2,1-5H3,(H,30,31)/b29-17-. The Morgan fingerprint density at radius 1 is 1.19 bits per heavy atom. The summed E-state index contributed by atoms with van der Waals surface area (Å²) in [7, 11) is -2.73. The van der Waals surface area contributed by atoms with E-state index in [2.05, 4.69) is 14.9 Å². The lowest BCUT2D eigenvalue weighted by atomic mass is 9.88. The number of rotatable bonds is 8. The minimum atomic E-state index is -4.19. The van der Waals surface area contributed by atoms with Gasteiger partial charge in [0.2, 0.25) is 11.8 Å². The molecule has 0 bridgehead atoms. The number of nitrogens with one attached hydrogen (secondary N) is 1. The van der Waals surface area contributed by atoms with Crippen LogP contribution in [0, 0.1) is 12.7 Å². The summed E-state index contributed by atoms with van der Waals surface area (Å²) >= 11 is 0. The Kier molecular flexibility index (Phi) is 8.09. The van der Waals surface area contributed by atoms with Crippen molar-refractivity contribution in [2.75, 3.05) is 7.11 Å². The molecule has 1 heterocycles. The van der Waals surface area contributed by atoms with Gasteiger partial charge in [0.25, 0.3) is 10.0 Å². The molecule has 0 fully saturated rings. The van der Waals surface area contributed by atoms with Crippen LogP contribution >= 0.6 is 0 Å². The third-order valence-corrected chi connectivity index (χ3v) is 7.28. The van der Waals surface area contributed by atoms with Crippen molar-refractivity contribution in [2.45, 2.75) is 44.9 Å². The van der Waals surface area contributed by atoms with Crippen LogP contribution in [0.2, 0.25) is 0 Å². The van der Waals surface area contributed by atoms with Crippen LogP contribution in [0.25, 0.3) is 11.1 Å². The van der Waals surface area contributed by atoms with Gasteiger partial charge in [-0.3, -0.25) is 4.79 Å². The maximum Gasteiger partial charge on any atom is 0.264 e. The summed E-state index contributed by atoms with van der Waals surface area (Å²) in [6.45, 7) is 6.90. The van der Waals surface area contributed by atoms with E-state index in [1.807, 2.05) is 13.8 Å². The van der Waals surface area contributed by atoms with Gasteiger partial charge in [-0.05, 0) is 83.5 Å². The fourth-order valence-corrected chi connectivity index (χ4v) is 5.16. The molecule has 0 saturated heterocycles. The molecule has 3 aromatic rings. The number of carbonyl (C=O) groups excluding carboxylic acids is 1. The van der Waals surface area contributed by atoms with Crippen molar-refractivity contribution in [3.05, 3.63) is 76.7 Å². The second-order valence-corrected chi connectivity index (χ2v) is 10.3. The number of aryl methyl sites for hydroxylation is 1. The first kappa shape index (κ1) is 26.8. The predicted octanol–water partition coefficient (Wildman–Crippen LogP) is 4.57. The number of aromatic nitrogens is 1. The molecule has 0 spiro atoms. The van der Waals surface area contributed by atoms with Crippen LogP contribution in [0.4, 0.5) is 4.39 Å². The number of sulfonamides is 1. The summed E-state index contributed by atoms with van der Waals surface area (Å²) < 4.78 is 47.9. The van der Waals surface area contributed by atoms with E-state index in [4.69, 9.17) is 9.94 Å². The first-order chi connectivity index (χ1) is 17.0. The summed E-state index contributed by atoms with van der Waals surface area (Å²) in [5.74, 6) is -1.05. The van der Waals surface area contributed by atoms with Crippen molar-refractivity contribution < 1.29 is 27.5 Å². The first-order valence-electron chi connectivity index (χ1n) is 11.1. The van der Waals surface area contributed by atoms with Gasteiger partial charge in [0, 0.05) is 12.3 Å². The third kappa shape index (κ3) is 5.88. The van der Waals surface area contributed by atoms with Crippen molar-refractivity contribution in [1.82, 2.24) is 9.71 Å². The average Bonchev–Trinajstić information content (AvgIpc) is 2.83. The Morgan fingerprint density at radius 2 is 1.92 bits per heavy atom. The second-order valence-electron chi connectivity index (χ2n) is 8.63. The number of amides is 1. The fourth-order valence-electron chi connectivity index (χ4n) is 3.95. The van der Waals surface area contributed by atoms with Crippen molar-refractivity contribution in [3.8, 4) is 17.0 Å². The Labute approximate surface area is 209 Å². The van der Waals surface area contributed by atoms with Gasteiger partial charge in [0.15, 0.2) is 0 Å². The van der Waals surface area contributed by atoms with E-state index >= 15 is 0 Å². The highest BCUT2D eigenvalue weighted by Gasteiger charge is 2.24. The van der Waals surface area contributed by atoms with Gasteiger partial charge in [0.05, 0.1) is 24.1 Å². The highest BCUT2D eigenvalue weighted by molar-refractivity contribution is 7.90. The summed E-state index contributed by atoms with van der Waals surface area (Å²) in [5, 5.41) is 12.1. The second kappa shape index (κ2) is 10.9. The van der Waals surface area contributed by atoms with Crippen LogP contribution in [0.5, 0.6) is 5.88 Å². The average molecular weight is 514 g/mol. The lowest BCUT2D eigenvalue weighted by molar-refractivity contribution is -0.118. The van der Waals surface area contributed by atoms with E-state index in [1.165, 1.54) is 37.6 Å². The molecule has 2 N–H and O–H groups in total. The molecule has 3 rings (SSSR count). The Hall–Kier alpha value is -3.79. The van der Waals surface area contributed by atoms with Gasteiger partial charge in [-0.2, -0.15) is 0 Å². The van der Waals surface area contributed by atoms with Crippen LogP contribution in [0.3, 0.4) is 0 Å². The third-order valence-electron chi connectivity index (χ3n) is 5.74. The molecule has 36 heavy (non-hydrogen) atoms. The van der Waals surface area contributed by atoms with Crippen LogP contribution in [-0.2, 0) is 21.2 Å². The number of pyridine rings is 1. The number of ether oxygens (including phenoxy) is 1. The highest BCUT2D eigenvalue weighted by Crippen LogP contribution is 2.33. The number of benzene rings is 2. The molecule has 0 saturated carbocycles. The Balaban J connectivity index is 1.99. The molecule has 0 aliphatic rings. The number of methoxy groups -OCH3 is 1. The zero-order chi connectivity index (χ0) is 26.6. The minimum Gasteiger partial charge on any atom is -0.481 e. The smallest absolute Gasteiger partial charge is 0.264 e. The molecular weight excluding hydrogens is 485 g/mol. The molecule has 0 aliphatic carbocycles. The van der Waals surface area contributed by atoms with Crippen molar-refractivity contribution in [3.63, 3.8) is 0 Å². The summed E-state index contributed by atoms with van der Waals surface area (Å²) in [5.41, 5.74) is 3.38. The first-order valence-corrected chi connectivity index (χ1v) is 12.6. The molecule has 1 amide bonds. The van der Waals surface area contributed by atoms with Gasteiger partial charge >= 0.3 is 0 Å². The van der Waals surface area contributed by atoms with Gasteiger partial charge in [-0.1, -0.05) is 25.1 Å². The van der Waals surface area contributed by atoms with Crippen LogP contribution in [0.15, 0.2) is 58.7 Å². The zero-order valence-corrected chi connectivity index (χ0v) is 21.5. The lowest BCUT2D eigenvalue weighted by Gasteiger charge is -2.18. The molecule has 2 aromatic carbocycles. The van der Waals surface area contributed by atoms with E-state index in [1.54, 1.807) is 32.0 Å². The molecule has 190 valence electrons. The van der Waals surface area contributed by atoms with E-state index < -0.39 is 21.7 Å². The van der Waals surface area contributed by atoms with Crippen molar-refractivity contribution in [1.29, 1.82) is 0 Å². The number of oxime groups is 1. The van der Waals surface area contributed by atoms with Crippen molar-refractivity contribution in [2.24, 2.45) is 5.16 Å². The van der Waals surface area contributed by atoms with Gasteiger partial charge in [-0.25, -0.2) is 22.5 Å². The summed E-state index contributed by atoms with van der Waals surface area (Å²) in [6, 6.07) is 10.4. The largest absolute Gasteiger partial charge is 0.481 e. The molecule has 1 aromatic heterocycles. The van der Waals surface area contributed by atoms with E-state index in [-0.39, 0.29) is 17.2 Å². The van der Waals surface area contributed by atoms with Gasteiger partial charge in [-0.15, -0.1) is 0 Å². The summed E-state index contributed by atoms with van der Waals surface area (Å²) in [4.78, 5) is 17.0. The summed E-state index contributed by atoms with van der Waals surface area (Å²) in [6.07, 6.45) is 1.22. The van der Waals surface area contributed by atoms with Gasteiger partial charge in [0.1, 0.15) is 5.82 Å². The van der Waals surface area contributed by atoms with E-state index in [9.17, 15) is 17.6 Å². The van der Waals surface area contributed by atoms with Crippen molar-refractivity contribution >= 4 is 21.6 Å². The lowest BCUT2D eigenvalue weighted by Crippen LogP contribution is -2.32. The van der Waals surface area contributed by atoms with Crippen LogP contribution in [0.1, 0.15) is 48.9 Å². The van der Waals surface area contributed by atoms with Crippen LogP contribution in [-0.4, -0.2) is 37.3 Å². The Bertz CT molecular complexity index is 1440. The SMILES string of the molecule is COc1cc(-c2cc(F)cc(C(C)C)c2CC(=O)NS(=O)(=O)c2ccc(/C(C)=N\O)cc2C)ccn1. The molecule has 8 nitrogen and oxygen atoms in total. The number of hydrogen-bond acceptors (Lipinski definition) is 7. The zero-order valence-electron chi connectivity index (χ0n) is 20.7. The maximum atomic E-state index is 14.6. The monoisotopic (exact) mass is 513 g/mol. The number of carbonyl (C=O) groups is 1. The van der Waals surface area contributed by atoms with E-state index in [0.29, 0.717) is 45.0 Å². The predicted molar refractivity (Wildman–Crippen MR) is 134 cm³/mol. The molecule has 0 radical (unpaired) electrons. The Morgan fingerprint density at radius 3 is 2.53 bits per heavy atom. The highest BCUT2D eigenvalue weighted by atomic mass is 32.2. The molecule has 0 unspecified atom stereocenters. The molecular formula is C26H28FN3O5S. The molecule has 10 heteroatoms. The maximum absolute atomic E-state index is 14.6. The number of halogens is 1. The topological polar surface area (TPSA) is 118 Å². The molecule has 0 atom stereocenters. The minimum absolute atomic E-state index is 0.0763. The van der Waals surface area contributed by atoms with Crippen LogP contribution < -0.4 is 9.46 Å². The quantitative estimate of drug-likeness (QED) is 0.259. The van der Waals surface area contributed by atoms with E-state index in [0.717, 1.165) is 0 Å². The fraction of sp³-hybridized carbons (Fsp3) is 0.269. The number of nitrogens with zero attached hydrogens (tertiary/aromatic N) is 2. The normalized spacial score (nSPS) is 12.0. The number of hydrogen-bond donors (Lipinski definition) is 2. The van der Waals surface area contributed by atoms with Gasteiger partial charge < -0.3 is 9.94 Å².